The van der Waals surface area contributed by atoms with Crippen molar-refractivity contribution in [2.45, 2.75) is 45.7 Å². The van der Waals surface area contributed by atoms with Crippen molar-refractivity contribution in [2.24, 2.45) is 5.92 Å². The van der Waals surface area contributed by atoms with Gasteiger partial charge in [0, 0.05) is 29.0 Å². The Kier molecular flexibility index (Phi) is 5.58. The van der Waals surface area contributed by atoms with Gasteiger partial charge in [-0.25, -0.2) is 0 Å². The summed E-state index contributed by atoms with van der Waals surface area (Å²) in [5.41, 5.74) is 1.53. The van der Waals surface area contributed by atoms with Gasteiger partial charge in [-0.1, -0.05) is 0 Å². The maximum absolute atomic E-state index is 4.24. The first-order valence-corrected chi connectivity index (χ1v) is 8.28. The van der Waals surface area contributed by atoms with E-state index in [1.54, 1.807) is 0 Å². The van der Waals surface area contributed by atoms with E-state index >= 15 is 0 Å². The van der Waals surface area contributed by atoms with Crippen LogP contribution in [0.25, 0.3) is 0 Å². The number of nitrogens with zero attached hydrogens (tertiary/aromatic N) is 2. The van der Waals surface area contributed by atoms with Crippen LogP contribution in [-0.2, 0) is 6.54 Å². The number of likely N-dealkylation sites (tertiary alicyclic amines) is 1. The lowest BCUT2D eigenvalue weighted by Gasteiger charge is -2.33. The fourth-order valence-electron chi connectivity index (χ4n) is 2.60. The van der Waals surface area contributed by atoms with Crippen molar-refractivity contribution in [3.63, 3.8) is 0 Å². The van der Waals surface area contributed by atoms with Crippen LogP contribution < -0.4 is 5.32 Å². The zero-order chi connectivity index (χ0) is 14.6. The van der Waals surface area contributed by atoms with Gasteiger partial charge in [0.1, 0.15) is 0 Å². The van der Waals surface area contributed by atoms with Crippen LogP contribution in [0.5, 0.6) is 0 Å². The lowest BCUT2D eigenvalue weighted by Crippen LogP contribution is -2.42. The molecule has 0 aromatic carbocycles. The molecule has 20 heavy (non-hydrogen) atoms. The molecule has 4 heteroatoms. The van der Waals surface area contributed by atoms with E-state index in [0.29, 0.717) is 0 Å². The van der Waals surface area contributed by atoms with Crippen molar-refractivity contribution in [2.75, 3.05) is 19.6 Å². The normalized spacial score (nSPS) is 18.4. The Morgan fingerprint density at radius 2 is 2.00 bits per heavy atom. The number of piperidine rings is 1. The second-order valence-electron chi connectivity index (χ2n) is 6.86. The second kappa shape index (κ2) is 7.01. The molecule has 3 nitrogen and oxygen atoms in total. The third-order valence-corrected chi connectivity index (χ3v) is 4.23. The number of pyridine rings is 1. The SMILES string of the molecule is CC(C)(C)NCC1CCN(Cc2cncc(Br)c2)CC1. The minimum Gasteiger partial charge on any atom is -0.312 e. The van der Waals surface area contributed by atoms with Gasteiger partial charge >= 0.3 is 0 Å². The first-order chi connectivity index (χ1) is 9.42. The zero-order valence-electron chi connectivity index (χ0n) is 12.8. The first-order valence-electron chi connectivity index (χ1n) is 7.49. The molecule has 0 spiro atoms. The molecule has 0 amide bonds. The number of hydrogen-bond donors (Lipinski definition) is 1. The van der Waals surface area contributed by atoms with Gasteiger partial charge in [0.2, 0.25) is 0 Å². The Hall–Kier alpha value is -0.450. The molecule has 1 N–H and O–H groups in total. The van der Waals surface area contributed by atoms with Crippen molar-refractivity contribution >= 4 is 15.9 Å². The number of hydrogen-bond acceptors (Lipinski definition) is 3. The third kappa shape index (κ3) is 5.51. The van der Waals surface area contributed by atoms with Crippen molar-refractivity contribution in [1.82, 2.24) is 15.2 Å². The van der Waals surface area contributed by atoms with Crippen molar-refractivity contribution in [3.8, 4) is 0 Å². The summed E-state index contributed by atoms with van der Waals surface area (Å²) < 4.78 is 1.07. The van der Waals surface area contributed by atoms with E-state index in [0.717, 1.165) is 23.5 Å². The van der Waals surface area contributed by atoms with Gasteiger partial charge in [0.05, 0.1) is 0 Å². The minimum absolute atomic E-state index is 0.235. The van der Waals surface area contributed by atoms with E-state index in [1.165, 1.54) is 31.5 Å². The second-order valence-corrected chi connectivity index (χ2v) is 7.78. The van der Waals surface area contributed by atoms with Crippen LogP contribution in [-0.4, -0.2) is 35.1 Å². The summed E-state index contributed by atoms with van der Waals surface area (Å²) in [6, 6.07) is 2.17. The molecular weight excluding hydrogens is 314 g/mol. The zero-order valence-corrected chi connectivity index (χ0v) is 14.4. The average molecular weight is 340 g/mol. The molecule has 0 atom stereocenters. The van der Waals surface area contributed by atoms with Crippen LogP contribution >= 0.6 is 15.9 Å². The summed E-state index contributed by atoms with van der Waals surface area (Å²) in [7, 11) is 0. The van der Waals surface area contributed by atoms with Crippen molar-refractivity contribution in [1.29, 1.82) is 0 Å². The molecule has 112 valence electrons. The summed E-state index contributed by atoms with van der Waals surface area (Å²) in [5.74, 6) is 0.825. The van der Waals surface area contributed by atoms with E-state index in [2.05, 4.69) is 58.0 Å². The fourth-order valence-corrected chi connectivity index (χ4v) is 3.01. The Bertz CT molecular complexity index is 420. The Balaban J connectivity index is 1.74. The van der Waals surface area contributed by atoms with Crippen LogP contribution in [0, 0.1) is 5.92 Å². The molecule has 0 radical (unpaired) electrons. The molecule has 1 aliphatic rings. The quantitative estimate of drug-likeness (QED) is 0.910. The highest BCUT2D eigenvalue weighted by atomic mass is 79.9. The molecule has 0 aliphatic carbocycles. The predicted molar refractivity (Wildman–Crippen MR) is 87.7 cm³/mol. The molecule has 1 saturated heterocycles. The molecule has 1 aromatic heterocycles. The van der Waals surface area contributed by atoms with E-state index in [4.69, 9.17) is 0 Å². The Labute approximate surface area is 131 Å². The Morgan fingerprint density at radius 3 is 2.60 bits per heavy atom. The first kappa shape index (κ1) is 15.9. The number of rotatable bonds is 4. The monoisotopic (exact) mass is 339 g/mol. The van der Waals surface area contributed by atoms with Gasteiger partial charge in [-0.15, -0.1) is 0 Å². The number of aromatic nitrogens is 1. The molecule has 1 fully saturated rings. The molecule has 2 heterocycles. The van der Waals surface area contributed by atoms with E-state index < -0.39 is 0 Å². The summed E-state index contributed by atoms with van der Waals surface area (Å²) in [4.78, 5) is 6.78. The lowest BCUT2D eigenvalue weighted by atomic mass is 9.95. The number of halogens is 1. The van der Waals surface area contributed by atoms with Gasteiger partial charge in [0.15, 0.2) is 0 Å². The van der Waals surface area contributed by atoms with Crippen LogP contribution in [0.4, 0.5) is 0 Å². The van der Waals surface area contributed by atoms with E-state index in [-0.39, 0.29) is 5.54 Å². The van der Waals surface area contributed by atoms with E-state index in [9.17, 15) is 0 Å². The topological polar surface area (TPSA) is 28.2 Å². The van der Waals surface area contributed by atoms with Gasteiger partial charge in [-0.2, -0.15) is 0 Å². The van der Waals surface area contributed by atoms with Crippen LogP contribution in [0.2, 0.25) is 0 Å². The van der Waals surface area contributed by atoms with Crippen LogP contribution in [0.15, 0.2) is 22.9 Å². The van der Waals surface area contributed by atoms with Crippen LogP contribution in [0.1, 0.15) is 39.2 Å². The minimum atomic E-state index is 0.235. The summed E-state index contributed by atoms with van der Waals surface area (Å²) in [5, 5.41) is 3.63. The molecule has 1 aliphatic heterocycles. The number of nitrogens with one attached hydrogen (secondary N) is 1. The summed E-state index contributed by atoms with van der Waals surface area (Å²) in [6.45, 7) is 11.3. The molecule has 2 rings (SSSR count). The fraction of sp³-hybridized carbons (Fsp3) is 0.688. The highest BCUT2D eigenvalue weighted by Crippen LogP contribution is 2.20. The maximum Gasteiger partial charge on any atom is 0.0410 e. The van der Waals surface area contributed by atoms with Gasteiger partial charge in [0.25, 0.3) is 0 Å². The smallest absolute Gasteiger partial charge is 0.0410 e. The average Bonchev–Trinajstić information content (AvgIpc) is 2.37. The predicted octanol–water partition coefficient (Wildman–Crippen LogP) is 3.44. The lowest BCUT2D eigenvalue weighted by molar-refractivity contribution is 0.170. The van der Waals surface area contributed by atoms with Gasteiger partial charge in [-0.05, 0) is 86.7 Å². The molecule has 0 bridgehead atoms. The maximum atomic E-state index is 4.24. The van der Waals surface area contributed by atoms with Crippen molar-refractivity contribution < 1.29 is 0 Å². The molecule has 1 aromatic rings. The van der Waals surface area contributed by atoms with Crippen LogP contribution in [0.3, 0.4) is 0 Å². The highest BCUT2D eigenvalue weighted by molar-refractivity contribution is 9.10. The standard InChI is InChI=1S/C16H26BrN3/c1-16(2,3)19-10-13-4-6-20(7-5-13)12-14-8-15(17)11-18-9-14/h8-9,11,13,19H,4-7,10,12H2,1-3H3. The molecule has 0 saturated carbocycles. The third-order valence-electron chi connectivity index (χ3n) is 3.80. The van der Waals surface area contributed by atoms with Gasteiger partial charge < -0.3 is 5.32 Å². The highest BCUT2D eigenvalue weighted by Gasteiger charge is 2.20. The van der Waals surface area contributed by atoms with Crippen molar-refractivity contribution in [3.05, 3.63) is 28.5 Å². The Morgan fingerprint density at radius 1 is 1.30 bits per heavy atom. The molecular formula is C16H26BrN3. The molecule has 0 unspecified atom stereocenters. The largest absolute Gasteiger partial charge is 0.312 e. The summed E-state index contributed by atoms with van der Waals surface area (Å²) >= 11 is 3.49. The van der Waals surface area contributed by atoms with Gasteiger partial charge in [-0.3, -0.25) is 9.88 Å². The van der Waals surface area contributed by atoms with E-state index in [1.807, 2.05) is 12.4 Å². The summed E-state index contributed by atoms with van der Waals surface area (Å²) in [6.07, 6.45) is 6.40.